The van der Waals surface area contributed by atoms with Crippen LogP contribution in [0.2, 0.25) is 0 Å². The molecule has 0 saturated heterocycles. The monoisotopic (exact) mass is 430 g/mol. The predicted octanol–water partition coefficient (Wildman–Crippen LogP) is 4.25. The number of amides is 1. The number of amidine groups is 1. The first-order valence-corrected chi connectivity index (χ1v) is 9.34. The molecule has 2 atom stereocenters. The van der Waals surface area contributed by atoms with Gasteiger partial charge in [0.1, 0.15) is 5.82 Å². The molecule has 0 spiro atoms. The molecule has 0 aromatic heterocycles. The van der Waals surface area contributed by atoms with Crippen molar-refractivity contribution in [1.29, 1.82) is 0 Å². The van der Waals surface area contributed by atoms with Gasteiger partial charge >= 0.3 is 6.18 Å². The molecule has 10 heteroatoms. The molecule has 29 heavy (non-hydrogen) atoms. The maximum Gasteiger partial charge on any atom is 0.419 e. The van der Waals surface area contributed by atoms with Gasteiger partial charge in [0.15, 0.2) is 11.0 Å². The van der Waals surface area contributed by atoms with Crippen LogP contribution >= 0.6 is 11.6 Å². The highest BCUT2D eigenvalue weighted by Gasteiger charge is 2.37. The van der Waals surface area contributed by atoms with Gasteiger partial charge in [-0.2, -0.15) is 18.3 Å². The van der Waals surface area contributed by atoms with Crippen LogP contribution in [0.25, 0.3) is 0 Å². The van der Waals surface area contributed by atoms with Gasteiger partial charge in [0.25, 0.3) is 5.91 Å². The van der Waals surface area contributed by atoms with Crippen molar-refractivity contribution in [3.63, 3.8) is 0 Å². The topological polar surface area (TPSA) is 57.1 Å². The summed E-state index contributed by atoms with van der Waals surface area (Å²) < 4.78 is 53.2. The Balaban J connectivity index is 1.85. The summed E-state index contributed by atoms with van der Waals surface area (Å²) in [5, 5.41) is 8.27. The average Bonchev–Trinajstić information content (AvgIpc) is 3.04. The van der Waals surface area contributed by atoms with Crippen LogP contribution < -0.4 is 5.32 Å². The minimum absolute atomic E-state index is 0.0779. The Morgan fingerprint density at radius 1 is 1.31 bits per heavy atom. The smallest absolute Gasteiger partial charge is 0.345 e. The van der Waals surface area contributed by atoms with Crippen molar-refractivity contribution >= 4 is 28.5 Å². The zero-order valence-electron chi connectivity index (χ0n) is 15.9. The quantitative estimate of drug-likeness (QED) is 0.726. The van der Waals surface area contributed by atoms with Gasteiger partial charge in [0.05, 0.1) is 29.8 Å². The average molecular weight is 431 g/mol. The number of allylic oxidation sites excluding steroid dienone is 1. The lowest BCUT2D eigenvalue weighted by molar-refractivity contribution is -0.140. The zero-order chi connectivity index (χ0) is 21.5. The second-order valence-corrected chi connectivity index (χ2v) is 7.62. The van der Waals surface area contributed by atoms with Crippen molar-refractivity contribution in [3.05, 3.63) is 46.8 Å². The summed E-state index contributed by atoms with van der Waals surface area (Å²) in [6, 6.07) is 1.87. The van der Waals surface area contributed by atoms with E-state index in [2.05, 4.69) is 15.4 Å². The molecule has 3 rings (SSSR count). The number of nitrogens with one attached hydrogen (secondary N) is 1. The fraction of sp³-hybridized carbons (Fsp3) is 0.421. The maximum atomic E-state index is 14.4. The standard InChI is InChI=1S/C19H19ClF4N4O/c1-9(2)14-8-28-17(26-14)12(7-15(20)27-28)18(29)25-10(3)11-5-4-6-13(16(11)21)19(22,23)24/h4-7,9-10,14H,8H2,1-3H3,(H,25,29)/t10-,14+/m1/s1. The molecule has 156 valence electrons. The third-order valence-corrected chi connectivity index (χ3v) is 4.96. The molecule has 0 aliphatic carbocycles. The van der Waals surface area contributed by atoms with Gasteiger partial charge in [-0.1, -0.05) is 37.6 Å². The Bertz CT molecular complexity index is 923. The largest absolute Gasteiger partial charge is 0.419 e. The van der Waals surface area contributed by atoms with Gasteiger partial charge in [0, 0.05) is 5.56 Å². The molecule has 5 nitrogen and oxygen atoms in total. The number of hydrazone groups is 1. The fourth-order valence-corrected chi connectivity index (χ4v) is 3.34. The lowest BCUT2D eigenvalue weighted by Crippen LogP contribution is -2.38. The van der Waals surface area contributed by atoms with E-state index in [1.807, 2.05) is 13.8 Å². The molecule has 0 radical (unpaired) electrons. The van der Waals surface area contributed by atoms with E-state index in [-0.39, 0.29) is 28.3 Å². The summed E-state index contributed by atoms with van der Waals surface area (Å²) in [6.07, 6.45) is -3.49. The van der Waals surface area contributed by atoms with E-state index in [9.17, 15) is 22.4 Å². The number of alkyl halides is 3. The van der Waals surface area contributed by atoms with Gasteiger partial charge in [-0.15, -0.1) is 0 Å². The maximum absolute atomic E-state index is 14.4. The molecule has 1 N–H and O–H groups in total. The summed E-state index contributed by atoms with van der Waals surface area (Å²) in [7, 11) is 0. The minimum atomic E-state index is -4.83. The molecule has 0 saturated carbocycles. The van der Waals surface area contributed by atoms with E-state index in [4.69, 9.17) is 11.6 Å². The van der Waals surface area contributed by atoms with Crippen LogP contribution in [0.15, 0.2) is 39.9 Å². The number of hydrogen-bond acceptors (Lipinski definition) is 4. The molecule has 0 fully saturated rings. The van der Waals surface area contributed by atoms with Crippen molar-refractivity contribution in [2.45, 2.75) is 39.0 Å². The number of fused-ring (bicyclic) bond motifs is 1. The van der Waals surface area contributed by atoms with E-state index in [0.29, 0.717) is 18.4 Å². The number of carbonyl (C=O) groups is 1. The van der Waals surface area contributed by atoms with Crippen LogP contribution in [0, 0.1) is 11.7 Å². The molecule has 1 aromatic rings. The number of carbonyl (C=O) groups excluding carboxylic acids is 1. The third-order valence-electron chi connectivity index (χ3n) is 4.78. The first kappa shape index (κ1) is 21.3. The van der Waals surface area contributed by atoms with Crippen LogP contribution in [-0.2, 0) is 11.0 Å². The minimum Gasteiger partial charge on any atom is -0.345 e. The van der Waals surface area contributed by atoms with E-state index >= 15 is 0 Å². The van der Waals surface area contributed by atoms with Crippen molar-refractivity contribution in [1.82, 2.24) is 10.3 Å². The van der Waals surface area contributed by atoms with Gasteiger partial charge in [-0.25, -0.2) is 9.40 Å². The van der Waals surface area contributed by atoms with E-state index in [1.54, 1.807) is 0 Å². The predicted molar refractivity (Wildman–Crippen MR) is 102 cm³/mol. The number of benzene rings is 1. The molecule has 0 unspecified atom stereocenters. The second kappa shape index (κ2) is 7.78. The van der Waals surface area contributed by atoms with Gasteiger partial charge in [0.2, 0.25) is 0 Å². The molecule has 2 heterocycles. The van der Waals surface area contributed by atoms with Crippen molar-refractivity contribution in [3.8, 4) is 0 Å². The zero-order valence-corrected chi connectivity index (χ0v) is 16.6. The Morgan fingerprint density at radius 2 is 2.00 bits per heavy atom. The first-order chi connectivity index (χ1) is 13.5. The number of nitrogens with zero attached hydrogens (tertiary/aromatic N) is 3. The Hall–Kier alpha value is -2.42. The highest BCUT2D eigenvalue weighted by atomic mass is 35.5. The molecule has 1 amide bonds. The highest BCUT2D eigenvalue weighted by Crippen LogP contribution is 2.34. The van der Waals surface area contributed by atoms with E-state index in [1.165, 1.54) is 24.1 Å². The Morgan fingerprint density at radius 3 is 2.62 bits per heavy atom. The summed E-state index contributed by atoms with van der Waals surface area (Å²) in [4.78, 5) is 17.3. The van der Waals surface area contributed by atoms with Crippen LogP contribution in [0.5, 0.6) is 0 Å². The lowest BCUT2D eigenvalue weighted by atomic mass is 10.0. The van der Waals surface area contributed by atoms with Crippen LogP contribution in [0.1, 0.15) is 37.9 Å². The summed E-state index contributed by atoms with van der Waals surface area (Å²) in [5.41, 5.74) is -1.52. The number of hydrogen-bond donors (Lipinski definition) is 1. The highest BCUT2D eigenvalue weighted by molar-refractivity contribution is 6.69. The summed E-state index contributed by atoms with van der Waals surface area (Å²) in [5.74, 6) is -1.49. The Labute approximate surface area is 170 Å². The van der Waals surface area contributed by atoms with Crippen molar-refractivity contribution in [2.24, 2.45) is 16.0 Å². The third kappa shape index (κ3) is 4.29. The molecule has 2 aliphatic heterocycles. The molecule has 0 bridgehead atoms. The van der Waals surface area contributed by atoms with Gasteiger partial charge < -0.3 is 5.32 Å². The molecule has 1 aromatic carbocycles. The van der Waals surface area contributed by atoms with Crippen LogP contribution in [0.4, 0.5) is 17.6 Å². The number of halogens is 5. The lowest BCUT2D eigenvalue weighted by Gasteiger charge is -2.23. The molecule has 2 aliphatic rings. The second-order valence-electron chi connectivity index (χ2n) is 7.23. The normalized spacial score (nSPS) is 20.1. The number of rotatable bonds is 4. The van der Waals surface area contributed by atoms with Crippen LogP contribution in [-0.4, -0.2) is 34.5 Å². The Kier molecular flexibility index (Phi) is 5.71. The van der Waals surface area contributed by atoms with Crippen LogP contribution in [0.3, 0.4) is 0 Å². The van der Waals surface area contributed by atoms with Gasteiger partial charge in [-0.05, 0) is 25.0 Å². The van der Waals surface area contributed by atoms with E-state index in [0.717, 1.165) is 6.07 Å². The first-order valence-electron chi connectivity index (χ1n) is 8.97. The SMILES string of the molecule is CC(C)[C@@H]1CN2N=C(Cl)C=C(C(=O)N[C@H](C)c3cccc(C(F)(F)F)c3F)C2=N1. The fourth-order valence-electron chi connectivity index (χ4n) is 3.14. The van der Waals surface area contributed by atoms with E-state index < -0.39 is 29.5 Å². The molecular weight excluding hydrogens is 412 g/mol. The van der Waals surface area contributed by atoms with Crippen molar-refractivity contribution < 1.29 is 22.4 Å². The van der Waals surface area contributed by atoms with Gasteiger partial charge in [-0.3, -0.25) is 9.79 Å². The van der Waals surface area contributed by atoms with Crippen molar-refractivity contribution in [2.75, 3.05) is 6.54 Å². The molecular formula is C19H19ClF4N4O. The summed E-state index contributed by atoms with van der Waals surface area (Å²) in [6.45, 7) is 5.84. The summed E-state index contributed by atoms with van der Waals surface area (Å²) >= 11 is 6.01. The number of aliphatic imine (C=N–C) groups is 1.